The van der Waals surface area contributed by atoms with E-state index in [9.17, 15) is 0 Å². The van der Waals surface area contributed by atoms with Gasteiger partial charge >= 0.3 is 0 Å². The first kappa shape index (κ1) is 10.2. The van der Waals surface area contributed by atoms with Crippen LogP contribution in [0.3, 0.4) is 0 Å². The Morgan fingerprint density at radius 3 is 2.92 bits per heavy atom. The van der Waals surface area contributed by atoms with Crippen molar-refractivity contribution >= 4 is 34.9 Å². The summed E-state index contributed by atoms with van der Waals surface area (Å²) in [7, 11) is 0. The van der Waals surface area contributed by atoms with Gasteiger partial charge in [0.25, 0.3) is 0 Å². The second kappa shape index (κ2) is 5.00. The van der Waals surface area contributed by atoms with Crippen LogP contribution in [0.15, 0.2) is 30.3 Å². The van der Waals surface area contributed by atoms with Crippen LogP contribution in [-0.4, -0.2) is 10.9 Å². The molecule has 68 valence electrons. The Morgan fingerprint density at radius 2 is 2.31 bits per heavy atom. The van der Waals surface area contributed by atoms with Gasteiger partial charge in [-0.25, -0.2) is 0 Å². The molecule has 0 aromatic heterocycles. The van der Waals surface area contributed by atoms with Gasteiger partial charge in [0.2, 0.25) is 0 Å². The quantitative estimate of drug-likeness (QED) is 0.615. The van der Waals surface area contributed by atoms with Gasteiger partial charge in [-0.1, -0.05) is 42.6 Å². The summed E-state index contributed by atoms with van der Waals surface area (Å²) in [4.78, 5) is 0.418. The fraction of sp³-hybridized carbons (Fsp3) is 0.100. The number of allylic oxidation sites excluding steroid dienone is 1. The van der Waals surface area contributed by atoms with E-state index in [1.165, 1.54) is 0 Å². The van der Waals surface area contributed by atoms with E-state index in [1.54, 1.807) is 0 Å². The first-order valence-electron chi connectivity index (χ1n) is 3.86. The molecule has 0 unspecified atom stereocenters. The van der Waals surface area contributed by atoms with Crippen molar-refractivity contribution in [3.05, 3.63) is 41.5 Å². The van der Waals surface area contributed by atoms with Crippen LogP contribution in [-0.2, 0) is 0 Å². The molecule has 0 amide bonds. The molecular weight excluding hydrogens is 202 g/mol. The van der Waals surface area contributed by atoms with Crippen molar-refractivity contribution in [3.63, 3.8) is 0 Å². The molecule has 1 aromatic rings. The van der Waals surface area contributed by atoms with Crippen LogP contribution in [0.1, 0.15) is 11.1 Å². The monoisotopic (exact) mass is 211 g/mol. The van der Waals surface area contributed by atoms with Crippen molar-refractivity contribution in [1.29, 1.82) is 0 Å². The fourth-order valence-electron chi connectivity index (χ4n) is 0.976. The lowest BCUT2D eigenvalue weighted by Gasteiger charge is -1.98. The standard InChI is InChI=1S/C10H10ClNS/c11-6-2-4-8-3-1-5-9(7-8)10(12)13/h1-5,7H,6H2,(H2,12,13). The van der Waals surface area contributed by atoms with E-state index in [-0.39, 0.29) is 0 Å². The molecule has 1 rings (SSSR count). The van der Waals surface area contributed by atoms with Gasteiger partial charge in [-0.2, -0.15) is 0 Å². The predicted octanol–water partition coefficient (Wildman–Crippen LogP) is 2.57. The molecule has 2 N–H and O–H groups in total. The van der Waals surface area contributed by atoms with Crippen molar-refractivity contribution in [3.8, 4) is 0 Å². The molecule has 0 aliphatic heterocycles. The van der Waals surface area contributed by atoms with Gasteiger partial charge in [0.05, 0.1) is 0 Å². The van der Waals surface area contributed by atoms with Crippen LogP contribution in [0.25, 0.3) is 6.08 Å². The predicted molar refractivity (Wildman–Crippen MR) is 62.1 cm³/mol. The molecule has 0 atom stereocenters. The third kappa shape index (κ3) is 3.17. The van der Waals surface area contributed by atoms with E-state index < -0.39 is 0 Å². The van der Waals surface area contributed by atoms with Gasteiger partial charge in [0.15, 0.2) is 0 Å². The van der Waals surface area contributed by atoms with E-state index >= 15 is 0 Å². The summed E-state index contributed by atoms with van der Waals surface area (Å²) in [6.45, 7) is 0. The van der Waals surface area contributed by atoms with E-state index in [4.69, 9.17) is 29.6 Å². The number of halogens is 1. The summed E-state index contributed by atoms with van der Waals surface area (Å²) in [6, 6.07) is 7.72. The average Bonchev–Trinajstić information content (AvgIpc) is 2.15. The smallest absolute Gasteiger partial charge is 0.104 e. The molecule has 0 saturated heterocycles. The highest BCUT2D eigenvalue weighted by Crippen LogP contribution is 2.07. The largest absolute Gasteiger partial charge is 0.389 e. The molecule has 3 heteroatoms. The zero-order valence-electron chi connectivity index (χ0n) is 7.03. The third-order valence-corrected chi connectivity index (χ3v) is 1.98. The minimum absolute atomic E-state index is 0.418. The van der Waals surface area contributed by atoms with Crippen molar-refractivity contribution in [2.24, 2.45) is 5.73 Å². The second-order valence-electron chi connectivity index (χ2n) is 2.55. The Balaban J connectivity index is 2.92. The lowest BCUT2D eigenvalue weighted by Crippen LogP contribution is -2.08. The van der Waals surface area contributed by atoms with Crippen LogP contribution in [0.2, 0.25) is 0 Å². The van der Waals surface area contributed by atoms with Gasteiger partial charge in [0, 0.05) is 11.4 Å². The minimum Gasteiger partial charge on any atom is -0.389 e. The first-order chi connectivity index (χ1) is 6.24. The lowest BCUT2D eigenvalue weighted by atomic mass is 10.1. The number of rotatable bonds is 3. The van der Waals surface area contributed by atoms with E-state index in [0.717, 1.165) is 11.1 Å². The highest BCUT2D eigenvalue weighted by molar-refractivity contribution is 7.80. The summed E-state index contributed by atoms with van der Waals surface area (Å²) < 4.78 is 0. The van der Waals surface area contributed by atoms with Gasteiger partial charge in [-0.3, -0.25) is 0 Å². The molecule has 0 radical (unpaired) electrons. The second-order valence-corrected chi connectivity index (χ2v) is 3.29. The number of thiocarbonyl (C=S) groups is 1. The first-order valence-corrected chi connectivity index (χ1v) is 4.80. The van der Waals surface area contributed by atoms with Gasteiger partial charge < -0.3 is 5.73 Å². The number of alkyl halides is 1. The Labute approximate surface area is 88.2 Å². The lowest BCUT2D eigenvalue weighted by molar-refractivity contribution is 1.59. The average molecular weight is 212 g/mol. The molecular formula is C10H10ClNS. The van der Waals surface area contributed by atoms with E-state index in [1.807, 2.05) is 36.4 Å². The summed E-state index contributed by atoms with van der Waals surface area (Å²) >= 11 is 10.4. The van der Waals surface area contributed by atoms with Crippen LogP contribution < -0.4 is 5.73 Å². The van der Waals surface area contributed by atoms with E-state index in [0.29, 0.717) is 10.9 Å². The molecule has 0 aliphatic rings. The zero-order valence-corrected chi connectivity index (χ0v) is 8.61. The maximum atomic E-state index is 5.52. The topological polar surface area (TPSA) is 26.0 Å². The highest BCUT2D eigenvalue weighted by Gasteiger charge is 1.94. The van der Waals surface area contributed by atoms with Crippen LogP contribution >= 0.6 is 23.8 Å². The molecule has 1 aromatic carbocycles. The molecule has 0 fully saturated rings. The van der Waals surface area contributed by atoms with Crippen LogP contribution in [0.4, 0.5) is 0 Å². The molecule has 1 nitrogen and oxygen atoms in total. The molecule has 0 aliphatic carbocycles. The molecule has 13 heavy (non-hydrogen) atoms. The highest BCUT2D eigenvalue weighted by atomic mass is 35.5. The van der Waals surface area contributed by atoms with Crippen molar-refractivity contribution in [2.75, 3.05) is 5.88 Å². The SMILES string of the molecule is NC(=S)c1cccc(C=CCCl)c1. The Morgan fingerprint density at radius 1 is 1.54 bits per heavy atom. The third-order valence-electron chi connectivity index (χ3n) is 1.57. The normalized spacial score (nSPS) is 10.5. The van der Waals surface area contributed by atoms with Gasteiger partial charge in [0.1, 0.15) is 4.99 Å². The van der Waals surface area contributed by atoms with Crippen LogP contribution in [0.5, 0.6) is 0 Å². The van der Waals surface area contributed by atoms with Crippen molar-refractivity contribution in [2.45, 2.75) is 0 Å². The minimum atomic E-state index is 0.418. The molecule has 0 bridgehead atoms. The summed E-state index contributed by atoms with van der Waals surface area (Å²) in [5, 5.41) is 0. The fourth-order valence-corrected chi connectivity index (χ4v) is 1.19. The van der Waals surface area contributed by atoms with Crippen molar-refractivity contribution < 1.29 is 0 Å². The van der Waals surface area contributed by atoms with Gasteiger partial charge in [-0.15, -0.1) is 11.6 Å². The van der Waals surface area contributed by atoms with Gasteiger partial charge in [-0.05, 0) is 11.6 Å². The Kier molecular flexibility index (Phi) is 3.93. The number of hydrogen-bond acceptors (Lipinski definition) is 1. The van der Waals surface area contributed by atoms with Crippen LogP contribution in [0, 0.1) is 0 Å². The van der Waals surface area contributed by atoms with E-state index in [2.05, 4.69) is 0 Å². The summed E-state index contributed by atoms with van der Waals surface area (Å²) in [5.74, 6) is 0.511. The molecule has 0 heterocycles. The molecule has 0 saturated carbocycles. The zero-order chi connectivity index (χ0) is 9.68. The Bertz CT molecular complexity index is 333. The summed E-state index contributed by atoms with van der Waals surface area (Å²) in [6.07, 6.45) is 3.81. The number of benzene rings is 1. The maximum Gasteiger partial charge on any atom is 0.104 e. The number of hydrogen-bond donors (Lipinski definition) is 1. The maximum absolute atomic E-state index is 5.52. The summed E-state index contributed by atoms with van der Waals surface area (Å²) in [5.41, 5.74) is 7.43. The molecule has 0 spiro atoms. The Hall–Kier alpha value is -0.860. The van der Waals surface area contributed by atoms with Crippen molar-refractivity contribution in [1.82, 2.24) is 0 Å². The number of nitrogens with two attached hydrogens (primary N) is 1.